The molecule has 0 radical (unpaired) electrons. The molecule has 0 amide bonds. The van der Waals surface area contributed by atoms with E-state index in [1.54, 1.807) is 6.20 Å². The predicted octanol–water partition coefficient (Wildman–Crippen LogP) is 4.59. The summed E-state index contributed by atoms with van der Waals surface area (Å²) >= 11 is 0. The van der Waals surface area contributed by atoms with Crippen LogP contribution in [-0.4, -0.2) is 10.1 Å². The smallest absolute Gasteiger partial charge is 0.251 e. The largest absolute Gasteiger partial charge is 0.361 e. The van der Waals surface area contributed by atoms with Gasteiger partial charge in [-0.25, -0.2) is 0 Å². The van der Waals surface area contributed by atoms with Gasteiger partial charge in [0.2, 0.25) is 0 Å². The Morgan fingerprint density at radius 2 is 1.81 bits per heavy atom. The van der Waals surface area contributed by atoms with E-state index < -0.39 is 0 Å². The lowest BCUT2D eigenvalue weighted by molar-refractivity contribution is 0.393. The summed E-state index contributed by atoms with van der Waals surface area (Å²) in [7, 11) is 0. The van der Waals surface area contributed by atoms with Gasteiger partial charge in [-0.1, -0.05) is 47.6 Å². The molecule has 130 valence electrons. The number of H-pyrrole nitrogens is 1. The van der Waals surface area contributed by atoms with Crippen LogP contribution < -0.4 is 5.56 Å². The molecular weight excluding hydrogens is 324 g/mol. The quantitative estimate of drug-likeness (QED) is 0.589. The van der Waals surface area contributed by atoms with Gasteiger partial charge in [-0.15, -0.1) is 0 Å². The van der Waals surface area contributed by atoms with Gasteiger partial charge in [-0.3, -0.25) is 4.79 Å². The second-order valence-electron chi connectivity index (χ2n) is 6.62. The van der Waals surface area contributed by atoms with Gasteiger partial charge < -0.3 is 9.51 Å². The van der Waals surface area contributed by atoms with Gasteiger partial charge in [0, 0.05) is 22.9 Å². The SMILES string of the molecule is Cc1noc(C)c1-c1c[nH]c(=O)c(CCc2ccc3ccccc3c2)c1. The first-order valence-corrected chi connectivity index (χ1v) is 8.74. The molecule has 0 saturated carbocycles. The maximum atomic E-state index is 12.2. The number of fused-ring (bicyclic) bond motifs is 1. The average molecular weight is 344 g/mol. The first-order valence-electron chi connectivity index (χ1n) is 8.74. The summed E-state index contributed by atoms with van der Waals surface area (Å²) < 4.78 is 5.25. The van der Waals surface area contributed by atoms with E-state index >= 15 is 0 Å². The maximum absolute atomic E-state index is 12.2. The van der Waals surface area contributed by atoms with Crippen molar-refractivity contribution >= 4 is 10.8 Å². The average Bonchev–Trinajstić information content (AvgIpc) is 2.99. The summed E-state index contributed by atoms with van der Waals surface area (Å²) in [5.74, 6) is 0.759. The molecule has 0 unspecified atom stereocenters. The number of hydrogen-bond acceptors (Lipinski definition) is 3. The second kappa shape index (κ2) is 6.64. The fourth-order valence-corrected chi connectivity index (χ4v) is 3.43. The van der Waals surface area contributed by atoms with Gasteiger partial charge in [0.05, 0.1) is 5.69 Å². The van der Waals surface area contributed by atoms with Crippen molar-refractivity contribution < 1.29 is 4.52 Å². The zero-order valence-electron chi connectivity index (χ0n) is 14.9. The van der Waals surface area contributed by atoms with Crippen LogP contribution >= 0.6 is 0 Å². The first-order chi connectivity index (χ1) is 12.6. The van der Waals surface area contributed by atoms with Crippen LogP contribution in [0.1, 0.15) is 22.6 Å². The molecule has 2 aromatic carbocycles. The number of hydrogen-bond donors (Lipinski definition) is 1. The van der Waals surface area contributed by atoms with Crippen molar-refractivity contribution in [3.05, 3.63) is 87.7 Å². The minimum atomic E-state index is -0.0405. The number of aryl methyl sites for hydroxylation is 4. The van der Waals surface area contributed by atoms with Gasteiger partial charge in [0.15, 0.2) is 0 Å². The van der Waals surface area contributed by atoms with Crippen LogP contribution in [0.4, 0.5) is 0 Å². The molecule has 4 heteroatoms. The first kappa shape index (κ1) is 16.3. The highest BCUT2D eigenvalue weighted by Gasteiger charge is 2.13. The van der Waals surface area contributed by atoms with Crippen LogP contribution in [0.2, 0.25) is 0 Å². The Labute approximate surface area is 151 Å². The standard InChI is InChI=1S/C22H20N2O2/c1-14-21(15(2)26-24-14)20-12-19(22(25)23-13-20)10-8-16-7-9-17-5-3-4-6-18(17)11-16/h3-7,9,11-13H,8,10H2,1-2H3,(H,23,25). The van der Waals surface area contributed by atoms with Crippen LogP contribution in [0, 0.1) is 13.8 Å². The Bertz CT molecular complexity index is 1120. The van der Waals surface area contributed by atoms with Crippen LogP contribution in [-0.2, 0) is 12.8 Å². The molecule has 0 atom stereocenters. The number of pyridine rings is 1. The number of aromatic amines is 1. The normalized spacial score (nSPS) is 11.2. The van der Waals surface area contributed by atoms with Crippen molar-refractivity contribution in [2.45, 2.75) is 26.7 Å². The zero-order valence-corrected chi connectivity index (χ0v) is 14.9. The highest BCUT2D eigenvalue weighted by Crippen LogP contribution is 2.26. The van der Waals surface area contributed by atoms with Crippen LogP contribution in [0.3, 0.4) is 0 Å². The van der Waals surface area contributed by atoms with Crippen molar-refractivity contribution in [3.8, 4) is 11.1 Å². The molecule has 0 fully saturated rings. The molecule has 2 aromatic heterocycles. The molecule has 0 bridgehead atoms. The summed E-state index contributed by atoms with van der Waals surface area (Å²) in [5, 5.41) is 6.46. The molecule has 4 nitrogen and oxygen atoms in total. The summed E-state index contributed by atoms with van der Waals surface area (Å²) in [5.41, 5.74) is 4.68. The second-order valence-corrected chi connectivity index (χ2v) is 6.62. The molecule has 0 aliphatic carbocycles. The fraction of sp³-hybridized carbons (Fsp3) is 0.182. The predicted molar refractivity (Wildman–Crippen MR) is 103 cm³/mol. The minimum Gasteiger partial charge on any atom is -0.361 e. The number of rotatable bonds is 4. The molecule has 0 spiro atoms. The van der Waals surface area contributed by atoms with Crippen LogP contribution in [0.15, 0.2) is 64.0 Å². The summed E-state index contributed by atoms with van der Waals surface area (Å²) in [4.78, 5) is 15.1. The number of nitrogens with one attached hydrogen (secondary N) is 1. The van der Waals surface area contributed by atoms with Crippen molar-refractivity contribution in [1.82, 2.24) is 10.1 Å². The van der Waals surface area contributed by atoms with E-state index in [0.717, 1.165) is 34.6 Å². The highest BCUT2D eigenvalue weighted by molar-refractivity contribution is 5.83. The van der Waals surface area contributed by atoms with Crippen LogP contribution in [0.25, 0.3) is 21.9 Å². The Kier molecular flexibility index (Phi) is 4.17. The lowest BCUT2D eigenvalue weighted by Gasteiger charge is -2.06. The fourth-order valence-electron chi connectivity index (χ4n) is 3.43. The molecule has 26 heavy (non-hydrogen) atoms. The van der Waals surface area contributed by atoms with Crippen molar-refractivity contribution in [3.63, 3.8) is 0 Å². The van der Waals surface area contributed by atoms with Crippen molar-refractivity contribution in [1.29, 1.82) is 0 Å². The van der Waals surface area contributed by atoms with Crippen molar-refractivity contribution in [2.75, 3.05) is 0 Å². The summed E-state index contributed by atoms with van der Waals surface area (Å²) in [6, 6.07) is 16.7. The van der Waals surface area contributed by atoms with E-state index in [4.69, 9.17) is 4.52 Å². The van der Waals surface area contributed by atoms with E-state index in [1.165, 1.54) is 16.3 Å². The summed E-state index contributed by atoms with van der Waals surface area (Å²) in [6.45, 7) is 3.79. The van der Waals surface area contributed by atoms with Gasteiger partial charge in [0.1, 0.15) is 5.76 Å². The van der Waals surface area contributed by atoms with Gasteiger partial charge in [-0.05, 0) is 49.1 Å². The van der Waals surface area contributed by atoms with E-state index in [2.05, 4.69) is 40.5 Å². The van der Waals surface area contributed by atoms with Crippen molar-refractivity contribution in [2.24, 2.45) is 0 Å². The van der Waals surface area contributed by atoms with E-state index in [0.29, 0.717) is 6.42 Å². The van der Waals surface area contributed by atoms with E-state index in [9.17, 15) is 4.79 Å². The topological polar surface area (TPSA) is 58.9 Å². The molecule has 0 aliphatic heterocycles. The van der Waals surface area contributed by atoms with Crippen LogP contribution in [0.5, 0.6) is 0 Å². The Balaban J connectivity index is 1.61. The van der Waals surface area contributed by atoms with E-state index in [-0.39, 0.29) is 5.56 Å². The third-order valence-corrected chi connectivity index (χ3v) is 4.80. The molecular formula is C22H20N2O2. The lowest BCUT2D eigenvalue weighted by Crippen LogP contribution is -2.13. The zero-order chi connectivity index (χ0) is 18.1. The number of benzene rings is 2. The number of aromatic nitrogens is 2. The lowest BCUT2D eigenvalue weighted by atomic mass is 9.99. The third-order valence-electron chi connectivity index (χ3n) is 4.80. The molecule has 0 saturated heterocycles. The Hall–Kier alpha value is -3.14. The monoisotopic (exact) mass is 344 g/mol. The van der Waals surface area contributed by atoms with E-state index in [1.807, 2.05) is 32.0 Å². The Morgan fingerprint density at radius 1 is 1.00 bits per heavy atom. The van der Waals surface area contributed by atoms with Gasteiger partial charge in [-0.2, -0.15) is 0 Å². The molecule has 0 aliphatic rings. The van der Waals surface area contributed by atoms with Gasteiger partial charge in [0.25, 0.3) is 5.56 Å². The third kappa shape index (κ3) is 3.06. The molecule has 4 rings (SSSR count). The maximum Gasteiger partial charge on any atom is 0.251 e. The molecule has 1 N–H and O–H groups in total. The minimum absolute atomic E-state index is 0.0405. The highest BCUT2D eigenvalue weighted by atomic mass is 16.5. The summed E-state index contributed by atoms with van der Waals surface area (Å²) in [6.07, 6.45) is 3.23. The molecule has 4 aromatic rings. The van der Waals surface area contributed by atoms with Gasteiger partial charge >= 0.3 is 0 Å². The molecule has 2 heterocycles. The number of nitrogens with zero attached hydrogens (tertiary/aromatic N) is 1. The Morgan fingerprint density at radius 3 is 2.58 bits per heavy atom.